The van der Waals surface area contributed by atoms with E-state index in [1.54, 1.807) is 36.4 Å². The van der Waals surface area contributed by atoms with Crippen molar-refractivity contribution in [3.63, 3.8) is 0 Å². The molecule has 2 saturated heterocycles. The second kappa shape index (κ2) is 7.70. The van der Waals surface area contributed by atoms with Crippen LogP contribution >= 0.6 is 0 Å². The predicted octanol–water partition coefficient (Wildman–Crippen LogP) is 2.19. The molecule has 1 aromatic carbocycles. The van der Waals surface area contributed by atoms with Crippen molar-refractivity contribution in [2.45, 2.75) is 36.6 Å². The minimum Gasteiger partial charge on any atom is -0.335 e. The molecule has 0 N–H and O–H groups in total. The molecule has 0 saturated carbocycles. The molecule has 2 aliphatic rings. The lowest BCUT2D eigenvalue weighted by molar-refractivity contribution is -0.127. The van der Waals surface area contributed by atoms with E-state index in [9.17, 15) is 13.2 Å². The fraction of sp³-hybridized carbons (Fsp3) is 0.526. The average molecular weight is 362 g/mol. The van der Waals surface area contributed by atoms with Crippen LogP contribution in [0.15, 0.2) is 35.2 Å². The Morgan fingerprint density at radius 3 is 2.44 bits per heavy atom. The van der Waals surface area contributed by atoms with E-state index in [1.165, 1.54) is 19.1 Å². The summed E-state index contributed by atoms with van der Waals surface area (Å²) in [5.41, 5.74) is 0.830. The average Bonchev–Trinajstić information content (AvgIpc) is 3.24. The SMILES string of the molecule is CS(=O)(=O)c1ccc(/C=C/C(=O)N2CCCC2CN2CCCC2)cc1. The van der Waals surface area contributed by atoms with E-state index in [2.05, 4.69) is 4.90 Å². The lowest BCUT2D eigenvalue weighted by atomic mass is 10.2. The zero-order valence-electron chi connectivity index (χ0n) is 14.7. The van der Waals surface area contributed by atoms with Crippen molar-refractivity contribution in [3.05, 3.63) is 35.9 Å². The van der Waals surface area contributed by atoms with Gasteiger partial charge < -0.3 is 9.80 Å². The monoisotopic (exact) mass is 362 g/mol. The summed E-state index contributed by atoms with van der Waals surface area (Å²) in [6, 6.07) is 6.93. The maximum Gasteiger partial charge on any atom is 0.246 e. The number of hydrogen-bond donors (Lipinski definition) is 0. The number of nitrogens with zero attached hydrogens (tertiary/aromatic N) is 2. The van der Waals surface area contributed by atoms with Crippen LogP contribution in [-0.2, 0) is 14.6 Å². The van der Waals surface area contributed by atoms with Gasteiger partial charge in [-0.2, -0.15) is 0 Å². The molecule has 0 aliphatic carbocycles. The molecule has 0 radical (unpaired) electrons. The third-order valence-corrected chi connectivity index (χ3v) is 6.18. The van der Waals surface area contributed by atoms with Gasteiger partial charge in [-0.3, -0.25) is 4.79 Å². The molecule has 0 spiro atoms. The predicted molar refractivity (Wildman–Crippen MR) is 99.0 cm³/mol. The summed E-state index contributed by atoms with van der Waals surface area (Å²) in [4.78, 5) is 17.3. The standard InChI is InChI=1S/C19H26N2O3S/c1-25(23,24)18-9-6-16(7-10-18)8-11-19(22)21-14-4-5-17(21)15-20-12-2-3-13-20/h6-11,17H,2-5,12-15H2,1H3/b11-8+. The van der Waals surface area contributed by atoms with Crippen LogP contribution in [0.5, 0.6) is 0 Å². The first-order chi connectivity index (χ1) is 11.9. The molecule has 2 fully saturated rings. The van der Waals surface area contributed by atoms with E-state index in [1.807, 2.05) is 4.90 Å². The number of carbonyl (C=O) groups is 1. The van der Waals surface area contributed by atoms with Gasteiger partial charge in [-0.25, -0.2) is 8.42 Å². The van der Waals surface area contributed by atoms with Crippen LogP contribution in [0.25, 0.3) is 6.08 Å². The highest BCUT2D eigenvalue weighted by Crippen LogP contribution is 2.21. The van der Waals surface area contributed by atoms with E-state index in [4.69, 9.17) is 0 Å². The van der Waals surface area contributed by atoms with Crippen molar-refractivity contribution < 1.29 is 13.2 Å². The number of hydrogen-bond acceptors (Lipinski definition) is 4. The van der Waals surface area contributed by atoms with Crippen molar-refractivity contribution in [1.29, 1.82) is 0 Å². The van der Waals surface area contributed by atoms with Gasteiger partial charge in [0.2, 0.25) is 5.91 Å². The van der Waals surface area contributed by atoms with Crippen LogP contribution < -0.4 is 0 Å². The van der Waals surface area contributed by atoms with Gasteiger partial charge in [0.05, 0.1) is 4.90 Å². The second-order valence-corrected chi connectivity index (χ2v) is 9.03. The highest BCUT2D eigenvalue weighted by atomic mass is 32.2. The summed E-state index contributed by atoms with van der Waals surface area (Å²) < 4.78 is 23.0. The third-order valence-electron chi connectivity index (χ3n) is 5.05. The Morgan fingerprint density at radius 1 is 1.12 bits per heavy atom. The summed E-state index contributed by atoms with van der Waals surface area (Å²) in [7, 11) is -3.19. The van der Waals surface area contributed by atoms with E-state index in [0.717, 1.165) is 44.6 Å². The molecule has 3 rings (SSSR count). The molecular formula is C19H26N2O3S. The maximum atomic E-state index is 12.6. The molecule has 2 heterocycles. The summed E-state index contributed by atoms with van der Waals surface area (Å²) in [6.07, 6.45) is 9.25. The van der Waals surface area contributed by atoms with Crippen molar-refractivity contribution in [3.8, 4) is 0 Å². The normalized spacial score (nSPS) is 22.1. The Kier molecular flexibility index (Phi) is 5.59. The van der Waals surface area contributed by atoms with Gasteiger partial charge >= 0.3 is 0 Å². The van der Waals surface area contributed by atoms with Crippen molar-refractivity contribution in [2.24, 2.45) is 0 Å². The Hall–Kier alpha value is -1.66. The topological polar surface area (TPSA) is 57.7 Å². The van der Waals surface area contributed by atoms with Crippen molar-refractivity contribution in [2.75, 3.05) is 32.4 Å². The van der Waals surface area contributed by atoms with Crippen LogP contribution in [-0.4, -0.2) is 62.6 Å². The van der Waals surface area contributed by atoms with Crippen LogP contribution in [0.3, 0.4) is 0 Å². The fourth-order valence-corrected chi connectivity index (χ4v) is 4.30. The molecule has 0 bridgehead atoms. The Balaban J connectivity index is 1.61. The highest BCUT2D eigenvalue weighted by Gasteiger charge is 2.29. The van der Waals surface area contributed by atoms with Crippen LogP contribution in [0.2, 0.25) is 0 Å². The summed E-state index contributed by atoms with van der Waals surface area (Å²) in [5.74, 6) is 0.0499. The smallest absolute Gasteiger partial charge is 0.246 e. The van der Waals surface area contributed by atoms with Gasteiger partial charge in [-0.05, 0) is 62.5 Å². The maximum absolute atomic E-state index is 12.6. The van der Waals surface area contributed by atoms with Crippen molar-refractivity contribution >= 4 is 21.8 Å². The molecule has 2 aliphatic heterocycles. The van der Waals surface area contributed by atoms with E-state index < -0.39 is 9.84 Å². The lowest BCUT2D eigenvalue weighted by Gasteiger charge is -2.27. The third kappa shape index (κ3) is 4.70. The number of rotatable bonds is 5. The molecule has 136 valence electrons. The summed E-state index contributed by atoms with van der Waals surface area (Å²) in [6.45, 7) is 4.12. The minimum absolute atomic E-state index is 0.0499. The van der Waals surface area contributed by atoms with Crippen LogP contribution in [0.4, 0.5) is 0 Å². The molecule has 0 aromatic heterocycles. The van der Waals surface area contributed by atoms with Gasteiger partial charge in [0.25, 0.3) is 0 Å². The molecule has 1 aromatic rings. The van der Waals surface area contributed by atoms with Gasteiger partial charge in [0.15, 0.2) is 9.84 Å². The number of carbonyl (C=O) groups excluding carboxylic acids is 1. The molecule has 5 nitrogen and oxygen atoms in total. The molecule has 6 heteroatoms. The van der Waals surface area contributed by atoms with E-state index >= 15 is 0 Å². The summed E-state index contributed by atoms with van der Waals surface area (Å²) in [5, 5.41) is 0. The second-order valence-electron chi connectivity index (χ2n) is 7.01. The fourth-order valence-electron chi connectivity index (χ4n) is 3.67. The Bertz CT molecular complexity index is 734. The van der Waals surface area contributed by atoms with Gasteiger partial charge in [-0.1, -0.05) is 12.1 Å². The quantitative estimate of drug-likeness (QED) is 0.754. The first kappa shape index (κ1) is 18.1. The molecule has 1 atom stereocenters. The Morgan fingerprint density at radius 2 is 1.80 bits per heavy atom. The Labute approximate surface area is 150 Å². The first-order valence-electron chi connectivity index (χ1n) is 8.95. The highest BCUT2D eigenvalue weighted by molar-refractivity contribution is 7.90. The zero-order valence-corrected chi connectivity index (χ0v) is 15.5. The largest absolute Gasteiger partial charge is 0.335 e. The first-order valence-corrected chi connectivity index (χ1v) is 10.8. The zero-order chi connectivity index (χ0) is 17.9. The number of benzene rings is 1. The molecular weight excluding hydrogens is 336 g/mol. The number of likely N-dealkylation sites (tertiary alicyclic amines) is 2. The van der Waals surface area contributed by atoms with Gasteiger partial charge in [-0.15, -0.1) is 0 Å². The van der Waals surface area contributed by atoms with Crippen LogP contribution in [0, 0.1) is 0 Å². The molecule has 1 unspecified atom stereocenters. The van der Waals surface area contributed by atoms with Crippen LogP contribution in [0.1, 0.15) is 31.2 Å². The number of sulfone groups is 1. The summed E-state index contributed by atoms with van der Waals surface area (Å²) >= 11 is 0. The van der Waals surface area contributed by atoms with Gasteiger partial charge in [0, 0.05) is 31.5 Å². The lowest BCUT2D eigenvalue weighted by Crippen LogP contribution is -2.41. The van der Waals surface area contributed by atoms with Gasteiger partial charge in [0.1, 0.15) is 0 Å². The van der Waals surface area contributed by atoms with E-state index in [0.29, 0.717) is 10.9 Å². The minimum atomic E-state index is -3.19. The van der Waals surface area contributed by atoms with Crippen molar-refractivity contribution in [1.82, 2.24) is 9.80 Å². The van der Waals surface area contributed by atoms with E-state index in [-0.39, 0.29) is 5.91 Å². The molecule has 25 heavy (non-hydrogen) atoms. The molecule has 1 amide bonds. The number of amides is 1.